The first-order valence-electron chi connectivity index (χ1n) is 7.34. The summed E-state index contributed by atoms with van der Waals surface area (Å²) in [5, 5.41) is 7.81. The molecule has 21 heavy (non-hydrogen) atoms. The molecule has 0 amide bonds. The summed E-state index contributed by atoms with van der Waals surface area (Å²) in [6.45, 7) is 7.64. The number of aromatic nitrogens is 2. The van der Waals surface area contributed by atoms with Gasteiger partial charge in [-0.25, -0.2) is 4.98 Å². The zero-order valence-electron chi connectivity index (χ0n) is 12.4. The van der Waals surface area contributed by atoms with Crippen LogP contribution < -0.4 is 11.1 Å². The van der Waals surface area contributed by atoms with Crippen molar-refractivity contribution in [1.82, 2.24) is 14.3 Å². The molecule has 0 spiro atoms. The molecule has 1 saturated heterocycles. The van der Waals surface area contributed by atoms with E-state index in [9.17, 15) is 0 Å². The number of nitrogens with two attached hydrogens (primary N) is 1. The van der Waals surface area contributed by atoms with E-state index in [1.54, 1.807) is 11.3 Å². The van der Waals surface area contributed by atoms with Gasteiger partial charge in [0.05, 0.1) is 16.3 Å². The highest BCUT2D eigenvalue weighted by atomic mass is 32.1. The Hall–Kier alpha value is -1.18. The molecule has 3 rings (SSSR count). The smallest absolute Gasteiger partial charge is 0.148 e. The molecule has 114 valence electrons. The van der Waals surface area contributed by atoms with Crippen LogP contribution in [0.3, 0.4) is 0 Å². The summed E-state index contributed by atoms with van der Waals surface area (Å²) in [4.78, 5) is 7.04. The van der Waals surface area contributed by atoms with Crippen molar-refractivity contribution in [3.8, 4) is 11.3 Å². The van der Waals surface area contributed by atoms with E-state index in [0.717, 1.165) is 34.4 Å². The van der Waals surface area contributed by atoms with Crippen LogP contribution >= 0.6 is 22.9 Å². The van der Waals surface area contributed by atoms with E-state index >= 15 is 0 Å². The number of nitrogens with one attached hydrogen (secondary N) is 1. The third-order valence-electron chi connectivity index (χ3n) is 3.88. The van der Waals surface area contributed by atoms with Gasteiger partial charge < -0.3 is 16.0 Å². The normalized spacial score (nSPS) is 19.8. The van der Waals surface area contributed by atoms with Gasteiger partial charge in [-0.05, 0) is 44.4 Å². The molecule has 1 aliphatic heterocycles. The van der Waals surface area contributed by atoms with Crippen molar-refractivity contribution in [2.45, 2.75) is 32.7 Å². The van der Waals surface area contributed by atoms with Crippen molar-refractivity contribution < 1.29 is 0 Å². The second-order valence-corrected chi connectivity index (χ2v) is 7.24. The molecule has 7 heteroatoms. The van der Waals surface area contributed by atoms with Crippen LogP contribution in [0, 0.1) is 6.92 Å². The second-order valence-electron chi connectivity index (χ2n) is 5.40. The summed E-state index contributed by atoms with van der Waals surface area (Å²) in [6, 6.07) is 0.469. The predicted molar refractivity (Wildman–Crippen MR) is 91.1 cm³/mol. The van der Waals surface area contributed by atoms with E-state index in [0.29, 0.717) is 11.9 Å². The quantitative estimate of drug-likeness (QED) is 0.905. The van der Waals surface area contributed by atoms with Gasteiger partial charge >= 0.3 is 0 Å². The van der Waals surface area contributed by atoms with Gasteiger partial charge in [-0.15, -0.1) is 11.3 Å². The van der Waals surface area contributed by atoms with Gasteiger partial charge in [0.25, 0.3) is 0 Å². The van der Waals surface area contributed by atoms with Crippen LogP contribution in [-0.4, -0.2) is 39.9 Å². The highest BCUT2D eigenvalue weighted by molar-refractivity contribution is 7.11. The Morgan fingerprint density at radius 2 is 2.38 bits per heavy atom. The van der Waals surface area contributed by atoms with Crippen LogP contribution in [0.4, 0.5) is 10.8 Å². The summed E-state index contributed by atoms with van der Waals surface area (Å²) < 4.78 is 4.31. The van der Waals surface area contributed by atoms with Gasteiger partial charge in [-0.3, -0.25) is 0 Å². The maximum atomic E-state index is 6.05. The number of piperidine rings is 1. The van der Waals surface area contributed by atoms with Crippen LogP contribution in [0.2, 0.25) is 0 Å². The monoisotopic (exact) mass is 323 g/mol. The Balaban J connectivity index is 1.80. The molecule has 2 aromatic heterocycles. The van der Waals surface area contributed by atoms with Crippen LogP contribution in [0.25, 0.3) is 11.3 Å². The Labute approximate surface area is 133 Å². The highest BCUT2D eigenvalue weighted by Gasteiger charge is 2.22. The number of nitrogens with zero attached hydrogens (tertiary/aromatic N) is 3. The summed E-state index contributed by atoms with van der Waals surface area (Å²) in [5.74, 6) is 0.580. The molecule has 3 N–H and O–H groups in total. The number of likely N-dealkylation sites (tertiary alicyclic amines) is 1. The van der Waals surface area contributed by atoms with Crippen molar-refractivity contribution in [2.75, 3.05) is 30.7 Å². The van der Waals surface area contributed by atoms with E-state index in [1.165, 1.54) is 30.9 Å². The molecule has 1 aliphatic rings. The summed E-state index contributed by atoms with van der Waals surface area (Å²) >= 11 is 3.09. The minimum Gasteiger partial charge on any atom is -0.382 e. The number of thiazole rings is 1. The van der Waals surface area contributed by atoms with Crippen LogP contribution in [-0.2, 0) is 0 Å². The molecule has 5 nitrogen and oxygen atoms in total. The van der Waals surface area contributed by atoms with Gasteiger partial charge in [0.2, 0.25) is 0 Å². The summed E-state index contributed by atoms with van der Waals surface area (Å²) in [7, 11) is 0. The summed E-state index contributed by atoms with van der Waals surface area (Å²) in [6.07, 6.45) is 2.44. The minimum atomic E-state index is 0.469. The molecule has 0 saturated carbocycles. The minimum absolute atomic E-state index is 0.469. The average Bonchev–Trinajstić information content (AvgIpc) is 3.05. The lowest BCUT2D eigenvalue weighted by molar-refractivity contribution is 0.227. The number of hydrogen-bond acceptors (Lipinski definition) is 7. The van der Waals surface area contributed by atoms with E-state index in [2.05, 4.69) is 31.9 Å². The van der Waals surface area contributed by atoms with Crippen molar-refractivity contribution in [1.29, 1.82) is 0 Å². The first kappa shape index (κ1) is 14.7. The number of nitrogen functional groups attached to an aromatic ring is 1. The predicted octanol–water partition coefficient (Wildman–Crippen LogP) is 3.05. The van der Waals surface area contributed by atoms with Crippen LogP contribution in [0.15, 0.2) is 5.38 Å². The van der Waals surface area contributed by atoms with Crippen molar-refractivity contribution in [2.24, 2.45) is 0 Å². The molecular formula is C14H21N5S2. The molecule has 3 heterocycles. The lowest BCUT2D eigenvalue weighted by Gasteiger charge is -2.32. The average molecular weight is 323 g/mol. The lowest BCUT2D eigenvalue weighted by Crippen LogP contribution is -2.41. The van der Waals surface area contributed by atoms with Crippen LogP contribution in [0.5, 0.6) is 0 Å². The van der Waals surface area contributed by atoms with Gasteiger partial charge in [0.15, 0.2) is 0 Å². The van der Waals surface area contributed by atoms with Gasteiger partial charge in [-0.2, -0.15) is 4.37 Å². The lowest BCUT2D eigenvalue weighted by atomic mass is 10.1. The topological polar surface area (TPSA) is 67.1 Å². The fourth-order valence-electron chi connectivity index (χ4n) is 2.77. The Bertz CT molecular complexity index is 606. The van der Waals surface area contributed by atoms with E-state index in [4.69, 9.17) is 5.73 Å². The zero-order valence-corrected chi connectivity index (χ0v) is 14.1. The standard InChI is InChI=1S/C14H21N5S2/c1-3-19-6-4-5-10(7-19)17-14-12(13(15)18-21-14)11-8-20-9(2)16-11/h8,10,17H,3-7H2,1-2H3,(H2,15,18). The number of rotatable bonds is 4. The number of aryl methyl sites for hydroxylation is 1. The second kappa shape index (κ2) is 6.29. The third-order valence-corrected chi connectivity index (χ3v) is 5.45. The molecule has 1 fully saturated rings. The van der Waals surface area contributed by atoms with E-state index in [1.807, 2.05) is 6.92 Å². The zero-order chi connectivity index (χ0) is 14.8. The fraction of sp³-hybridized carbons (Fsp3) is 0.571. The van der Waals surface area contributed by atoms with Crippen LogP contribution in [0.1, 0.15) is 24.8 Å². The maximum absolute atomic E-state index is 6.05. The maximum Gasteiger partial charge on any atom is 0.148 e. The fourth-order valence-corrected chi connectivity index (χ4v) is 4.18. The molecule has 2 aromatic rings. The Morgan fingerprint density at radius 1 is 1.52 bits per heavy atom. The highest BCUT2D eigenvalue weighted by Crippen LogP contribution is 2.37. The van der Waals surface area contributed by atoms with Gasteiger partial charge in [0.1, 0.15) is 10.8 Å². The third kappa shape index (κ3) is 3.20. The number of hydrogen-bond donors (Lipinski definition) is 2. The Morgan fingerprint density at radius 3 is 3.10 bits per heavy atom. The first-order valence-corrected chi connectivity index (χ1v) is 8.99. The molecule has 1 unspecified atom stereocenters. The molecule has 0 bridgehead atoms. The van der Waals surface area contributed by atoms with Gasteiger partial charge in [-0.1, -0.05) is 6.92 Å². The molecule has 0 radical (unpaired) electrons. The number of likely N-dealkylation sites (N-methyl/N-ethyl adjacent to an activating group) is 1. The molecule has 1 atom stereocenters. The van der Waals surface area contributed by atoms with Crippen molar-refractivity contribution in [3.63, 3.8) is 0 Å². The Kier molecular flexibility index (Phi) is 4.42. The molecular weight excluding hydrogens is 302 g/mol. The first-order chi connectivity index (χ1) is 10.2. The van der Waals surface area contributed by atoms with E-state index < -0.39 is 0 Å². The van der Waals surface area contributed by atoms with Gasteiger partial charge in [0, 0.05) is 18.0 Å². The molecule has 0 aliphatic carbocycles. The largest absolute Gasteiger partial charge is 0.382 e. The van der Waals surface area contributed by atoms with E-state index in [-0.39, 0.29) is 0 Å². The SMILES string of the molecule is CCN1CCCC(Nc2snc(N)c2-c2csc(C)n2)C1. The molecule has 0 aromatic carbocycles. The number of anilines is 2. The van der Waals surface area contributed by atoms with Crippen molar-refractivity contribution >= 4 is 33.7 Å². The summed E-state index contributed by atoms with van der Waals surface area (Å²) in [5.41, 5.74) is 7.96. The van der Waals surface area contributed by atoms with Crippen molar-refractivity contribution in [3.05, 3.63) is 10.4 Å².